The number of rotatable bonds is 5. The minimum atomic E-state index is -0.672. The van der Waals surface area contributed by atoms with Crippen LogP contribution in [0, 0.1) is 31.4 Å². The van der Waals surface area contributed by atoms with E-state index in [0.717, 1.165) is 46.5 Å². The van der Waals surface area contributed by atoms with Crippen molar-refractivity contribution in [2.45, 2.75) is 45.7 Å². The van der Waals surface area contributed by atoms with Gasteiger partial charge in [-0.3, -0.25) is 4.68 Å². The van der Waals surface area contributed by atoms with Gasteiger partial charge in [0.25, 0.3) is 0 Å². The summed E-state index contributed by atoms with van der Waals surface area (Å²) in [5, 5.41) is 11.2. The third kappa shape index (κ3) is 5.12. The van der Waals surface area contributed by atoms with Crippen molar-refractivity contribution in [1.29, 1.82) is 0 Å². The molecule has 4 heterocycles. The highest BCUT2D eigenvalue weighted by atomic mass is 31.0. The number of aryl methyl sites for hydroxylation is 1. The van der Waals surface area contributed by atoms with Crippen LogP contribution in [0.3, 0.4) is 0 Å². The predicted molar refractivity (Wildman–Crippen MR) is 148 cm³/mol. The molecule has 2 aliphatic heterocycles. The number of amides is 2. The summed E-state index contributed by atoms with van der Waals surface area (Å²) in [6, 6.07) is 2.52. The molecule has 204 valence electrons. The number of carbonyl (C=O) groups excluding carboxylic acids is 1. The van der Waals surface area contributed by atoms with Crippen LogP contribution in [0.5, 0.6) is 0 Å². The molecule has 2 fully saturated rings. The maximum absolute atomic E-state index is 13.8. The molecule has 3 aliphatic rings. The van der Waals surface area contributed by atoms with E-state index in [4.69, 9.17) is 10.1 Å². The number of hydrazone groups is 1. The van der Waals surface area contributed by atoms with Crippen LogP contribution >= 0.6 is 9.24 Å². The maximum Gasteiger partial charge on any atom is 0.341 e. The molecule has 2 aromatic heterocycles. The summed E-state index contributed by atoms with van der Waals surface area (Å²) in [5.74, 6) is -0.00366. The first-order chi connectivity index (χ1) is 18.8. The van der Waals surface area contributed by atoms with Gasteiger partial charge in [0.15, 0.2) is 0 Å². The Balaban J connectivity index is 1.15. The van der Waals surface area contributed by atoms with E-state index in [1.54, 1.807) is 11.1 Å². The highest BCUT2D eigenvalue weighted by molar-refractivity contribution is 7.27. The van der Waals surface area contributed by atoms with Crippen molar-refractivity contribution < 1.29 is 13.6 Å². The van der Waals surface area contributed by atoms with Crippen molar-refractivity contribution in [3.05, 3.63) is 53.0 Å². The number of hydrogen-bond donors (Lipinski definition) is 0. The van der Waals surface area contributed by atoms with Gasteiger partial charge in [0.05, 0.1) is 17.4 Å². The minimum Gasteiger partial charge on any atom is -0.337 e. The van der Waals surface area contributed by atoms with Gasteiger partial charge in [-0.05, 0) is 50.3 Å². The van der Waals surface area contributed by atoms with Crippen molar-refractivity contribution in [2.75, 3.05) is 31.1 Å². The van der Waals surface area contributed by atoms with Crippen LogP contribution in [-0.2, 0) is 6.54 Å². The van der Waals surface area contributed by atoms with Crippen LogP contribution in [0.15, 0.2) is 29.5 Å². The van der Waals surface area contributed by atoms with Gasteiger partial charge in [-0.15, -0.1) is 9.24 Å². The number of halogens is 2. The van der Waals surface area contributed by atoms with Crippen molar-refractivity contribution >= 4 is 32.7 Å². The predicted octanol–water partition coefficient (Wildman–Crippen LogP) is 3.82. The molecule has 1 aliphatic carbocycles. The standard InChI is InChI=1S/C27H31F2N8OP/c1-16-24(17(2)36(33-16)15-18-3-4-18)25-23(39)14-30-26(32-25)34-7-9-35(10-8-34)27(38)37-22(5-6-31-37)19-11-20(28)13-21(29)12-19/h6,11-14,18,22H,3-5,7-10,15,39H2,1-2H3. The van der Waals surface area contributed by atoms with E-state index in [2.05, 4.69) is 35.8 Å². The Morgan fingerprint density at radius 2 is 1.79 bits per heavy atom. The Kier molecular flexibility index (Phi) is 6.79. The summed E-state index contributed by atoms with van der Waals surface area (Å²) in [6.07, 6.45) is 6.37. The number of benzene rings is 1. The van der Waals surface area contributed by atoms with Crippen LogP contribution in [0.25, 0.3) is 11.3 Å². The van der Waals surface area contributed by atoms with Crippen molar-refractivity contribution in [2.24, 2.45) is 11.0 Å². The van der Waals surface area contributed by atoms with E-state index < -0.39 is 17.7 Å². The van der Waals surface area contributed by atoms with Crippen molar-refractivity contribution in [3.63, 3.8) is 0 Å². The number of carbonyl (C=O) groups is 1. The smallest absolute Gasteiger partial charge is 0.337 e. The lowest BCUT2D eigenvalue weighted by Gasteiger charge is -2.37. The average Bonchev–Trinajstić information content (AvgIpc) is 3.51. The van der Waals surface area contributed by atoms with E-state index in [9.17, 15) is 13.6 Å². The second-order valence-electron chi connectivity index (χ2n) is 10.5. The number of piperazine rings is 1. The van der Waals surface area contributed by atoms with Crippen LogP contribution in [0.2, 0.25) is 0 Å². The Hall–Kier alpha value is -3.46. The molecule has 1 saturated carbocycles. The van der Waals surface area contributed by atoms with Gasteiger partial charge in [-0.1, -0.05) is 0 Å². The van der Waals surface area contributed by atoms with Gasteiger partial charge >= 0.3 is 6.03 Å². The molecule has 0 radical (unpaired) electrons. The molecule has 1 aromatic carbocycles. The number of anilines is 1. The van der Waals surface area contributed by atoms with Gasteiger partial charge < -0.3 is 9.80 Å². The fourth-order valence-corrected chi connectivity index (χ4v) is 5.67. The van der Waals surface area contributed by atoms with E-state index in [1.165, 1.54) is 30.0 Å². The lowest BCUT2D eigenvalue weighted by molar-refractivity contribution is 0.139. The molecule has 0 bridgehead atoms. The van der Waals surface area contributed by atoms with E-state index in [-0.39, 0.29) is 6.03 Å². The largest absolute Gasteiger partial charge is 0.341 e. The van der Waals surface area contributed by atoms with Crippen LogP contribution in [-0.4, -0.2) is 68.1 Å². The lowest BCUT2D eigenvalue weighted by atomic mass is 10.0. The van der Waals surface area contributed by atoms with Gasteiger partial charge in [-0.25, -0.2) is 28.6 Å². The normalized spacial score (nSPS) is 19.3. The zero-order chi connectivity index (χ0) is 27.3. The van der Waals surface area contributed by atoms with Crippen molar-refractivity contribution in [1.82, 2.24) is 29.7 Å². The second-order valence-corrected chi connectivity index (χ2v) is 11.1. The van der Waals surface area contributed by atoms with E-state index >= 15 is 0 Å². The highest BCUT2D eigenvalue weighted by Gasteiger charge is 2.34. The molecule has 6 rings (SSSR count). The van der Waals surface area contributed by atoms with Crippen LogP contribution in [0.4, 0.5) is 19.5 Å². The third-order valence-corrected chi connectivity index (χ3v) is 8.10. The molecule has 2 unspecified atom stereocenters. The van der Waals surface area contributed by atoms with Crippen molar-refractivity contribution in [3.8, 4) is 11.3 Å². The minimum absolute atomic E-state index is 0.283. The molecule has 2 atom stereocenters. The highest BCUT2D eigenvalue weighted by Crippen LogP contribution is 2.34. The number of aromatic nitrogens is 4. The topological polar surface area (TPSA) is 82.8 Å². The first kappa shape index (κ1) is 25.8. The molecular formula is C27H31F2N8OP. The first-order valence-corrected chi connectivity index (χ1v) is 13.8. The Labute approximate surface area is 228 Å². The van der Waals surface area contributed by atoms with Gasteiger partial charge in [0, 0.05) is 74.2 Å². The molecule has 0 N–H and O–H groups in total. The third-order valence-electron chi connectivity index (χ3n) is 7.68. The van der Waals surface area contributed by atoms with E-state index in [1.807, 2.05) is 13.1 Å². The van der Waals surface area contributed by atoms with Gasteiger partial charge in [-0.2, -0.15) is 10.2 Å². The van der Waals surface area contributed by atoms with Gasteiger partial charge in [0.1, 0.15) is 11.6 Å². The molecule has 39 heavy (non-hydrogen) atoms. The summed E-state index contributed by atoms with van der Waals surface area (Å²) in [7, 11) is 2.74. The average molecular weight is 553 g/mol. The number of hydrogen-bond acceptors (Lipinski definition) is 6. The Morgan fingerprint density at radius 3 is 2.49 bits per heavy atom. The zero-order valence-corrected chi connectivity index (χ0v) is 23.2. The summed E-state index contributed by atoms with van der Waals surface area (Å²) >= 11 is 0. The monoisotopic (exact) mass is 552 g/mol. The fourth-order valence-electron chi connectivity index (χ4n) is 5.38. The summed E-state index contributed by atoms with van der Waals surface area (Å²) in [6.45, 7) is 7.08. The Morgan fingerprint density at radius 1 is 1.08 bits per heavy atom. The SMILES string of the molecule is Cc1nn(CC2CC2)c(C)c1-c1nc(N2CCN(C(=O)N3N=CCC3c3cc(F)cc(F)c3)CC2)ncc1P. The summed E-state index contributed by atoms with van der Waals surface area (Å²) in [5.41, 5.74) is 4.36. The summed E-state index contributed by atoms with van der Waals surface area (Å²) < 4.78 is 29.7. The maximum atomic E-state index is 13.8. The van der Waals surface area contributed by atoms with Gasteiger partial charge in [0.2, 0.25) is 5.95 Å². The van der Waals surface area contributed by atoms with E-state index in [0.29, 0.717) is 44.1 Å². The quantitative estimate of drug-likeness (QED) is 0.450. The first-order valence-electron chi connectivity index (χ1n) is 13.3. The molecule has 0 spiro atoms. The zero-order valence-electron chi connectivity index (χ0n) is 22.0. The van der Waals surface area contributed by atoms with Crippen LogP contribution < -0.4 is 10.2 Å². The molecule has 2 amide bonds. The van der Waals surface area contributed by atoms with Crippen LogP contribution in [0.1, 0.15) is 42.3 Å². The lowest BCUT2D eigenvalue weighted by Crippen LogP contribution is -2.52. The summed E-state index contributed by atoms with van der Waals surface area (Å²) in [4.78, 5) is 26.6. The fraction of sp³-hybridized carbons (Fsp3) is 0.444. The molecule has 3 aromatic rings. The molecule has 9 nitrogen and oxygen atoms in total. The number of nitrogens with zero attached hydrogens (tertiary/aromatic N) is 8. The second kappa shape index (κ2) is 10.3. The molecule has 12 heteroatoms. The number of urea groups is 1. The molecule has 1 saturated heterocycles. The molecular weight excluding hydrogens is 521 g/mol. The Bertz CT molecular complexity index is 1430.